The van der Waals surface area contributed by atoms with E-state index in [0.717, 1.165) is 10.6 Å². The minimum absolute atomic E-state index is 0.245. The van der Waals surface area contributed by atoms with Gasteiger partial charge in [-0.3, -0.25) is 0 Å². The van der Waals surface area contributed by atoms with Crippen molar-refractivity contribution in [3.63, 3.8) is 0 Å². The van der Waals surface area contributed by atoms with Gasteiger partial charge in [0.1, 0.15) is 5.00 Å². The summed E-state index contributed by atoms with van der Waals surface area (Å²) in [6.07, 6.45) is 2.00. The predicted octanol–water partition coefficient (Wildman–Crippen LogP) is 1.65. The topological polar surface area (TPSA) is 48.1 Å². The molecular weight excluding hydrogens is 160 g/mol. The molecule has 0 aliphatic carbocycles. The molecule has 0 unspecified atom stereocenters. The Morgan fingerprint density at radius 1 is 1.73 bits per heavy atom. The second kappa shape index (κ2) is 3.69. The molecule has 1 aromatic rings. The fraction of sp³-hybridized carbons (Fsp3) is 0.571. The number of anilines is 1. The van der Waals surface area contributed by atoms with Gasteiger partial charge in [-0.05, 0) is 25.4 Å². The predicted molar refractivity (Wildman–Crippen MR) is 46.5 cm³/mol. The molecule has 0 spiro atoms. The number of hydrogen-bond donors (Lipinski definition) is 1. The minimum atomic E-state index is 0.245. The first-order valence-electron chi connectivity index (χ1n) is 3.50. The Morgan fingerprint density at radius 3 is 2.91 bits per heavy atom. The number of nitrogen functional groups attached to an aromatic ring is 1. The van der Waals surface area contributed by atoms with Crippen LogP contribution in [0.5, 0.6) is 0 Å². The first-order chi connectivity index (χ1) is 5.20. The van der Waals surface area contributed by atoms with E-state index in [-0.39, 0.29) is 6.10 Å². The Hall–Kier alpha value is -0.610. The van der Waals surface area contributed by atoms with E-state index in [1.165, 1.54) is 11.5 Å². The highest BCUT2D eigenvalue weighted by molar-refractivity contribution is 7.10. The summed E-state index contributed by atoms with van der Waals surface area (Å²) in [5.41, 5.74) is 6.59. The second-order valence-electron chi connectivity index (χ2n) is 2.58. The minimum Gasteiger partial charge on any atom is -0.389 e. The van der Waals surface area contributed by atoms with E-state index in [2.05, 4.69) is 4.37 Å². The average Bonchev–Trinajstić information content (AvgIpc) is 2.31. The van der Waals surface area contributed by atoms with Crippen LogP contribution in [0.15, 0.2) is 6.20 Å². The van der Waals surface area contributed by atoms with Crippen molar-refractivity contribution in [2.75, 3.05) is 5.73 Å². The fourth-order valence-electron chi connectivity index (χ4n) is 0.634. The van der Waals surface area contributed by atoms with Gasteiger partial charge in [0.15, 0.2) is 0 Å². The highest BCUT2D eigenvalue weighted by atomic mass is 32.1. The van der Waals surface area contributed by atoms with Gasteiger partial charge < -0.3 is 10.5 Å². The van der Waals surface area contributed by atoms with Gasteiger partial charge in [-0.1, -0.05) is 0 Å². The zero-order chi connectivity index (χ0) is 8.27. The Balaban J connectivity index is 2.44. The zero-order valence-electron chi connectivity index (χ0n) is 6.70. The molecule has 0 saturated heterocycles. The van der Waals surface area contributed by atoms with E-state index in [0.29, 0.717) is 6.61 Å². The molecule has 0 saturated carbocycles. The Labute approximate surface area is 70.3 Å². The summed E-state index contributed by atoms with van der Waals surface area (Å²) in [6.45, 7) is 4.56. The maximum atomic E-state index is 5.60. The molecule has 11 heavy (non-hydrogen) atoms. The summed E-state index contributed by atoms with van der Waals surface area (Å²) in [5, 5.41) is 0.755. The molecule has 0 atom stereocenters. The first-order valence-corrected chi connectivity index (χ1v) is 4.28. The molecule has 3 nitrogen and oxygen atoms in total. The third kappa shape index (κ3) is 2.48. The number of ether oxygens (including phenoxy) is 1. The van der Waals surface area contributed by atoms with Crippen LogP contribution in [0.3, 0.4) is 0 Å². The lowest BCUT2D eigenvalue weighted by atomic mass is 10.3. The van der Waals surface area contributed by atoms with Crippen LogP contribution < -0.4 is 5.73 Å². The zero-order valence-corrected chi connectivity index (χ0v) is 7.52. The molecule has 4 heteroatoms. The molecule has 2 N–H and O–H groups in total. The van der Waals surface area contributed by atoms with Gasteiger partial charge in [0.25, 0.3) is 0 Å². The Morgan fingerprint density at radius 2 is 2.45 bits per heavy atom. The van der Waals surface area contributed by atoms with Crippen LogP contribution in [-0.2, 0) is 11.3 Å². The maximum Gasteiger partial charge on any atom is 0.112 e. The molecule has 1 aromatic heterocycles. The Kier molecular flexibility index (Phi) is 2.84. The lowest BCUT2D eigenvalue weighted by molar-refractivity contribution is 0.0661. The number of aromatic nitrogens is 1. The molecule has 0 bridgehead atoms. The van der Waals surface area contributed by atoms with Gasteiger partial charge in [0.2, 0.25) is 0 Å². The van der Waals surface area contributed by atoms with Crippen LogP contribution in [0.4, 0.5) is 5.00 Å². The van der Waals surface area contributed by atoms with Crippen LogP contribution in [-0.4, -0.2) is 10.5 Å². The normalized spacial score (nSPS) is 10.8. The largest absolute Gasteiger partial charge is 0.389 e. The molecular formula is C7H12N2OS. The molecule has 62 valence electrons. The van der Waals surface area contributed by atoms with Gasteiger partial charge in [-0.15, -0.1) is 0 Å². The first kappa shape index (κ1) is 8.49. The van der Waals surface area contributed by atoms with Gasteiger partial charge in [0, 0.05) is 11.8 Å². The molecule has 0 aliphatic heterocycles. The second-order valence-corrected chi connectivity index (χ2v) is 3.41. The molecule has 0 radical (unpaired) electrons. The van der Waals surface area contributed by atoms with Crippen molar-refractivity contribution < 1.29 is 4.74 Å². The fourth-order valence-corrected chi connectivity index (χ4v) is 1.16. The molecule has 1 heterocycles. The van der Waals surface area contributed by atoms with Crippen molar-refractivity contribution in [1.82, 2.24) is 4.37 Å². The van der Waals surface area contributed by atoms with E-state index < -0.39 is 0 Å². The third-order valence-corrected chi connectivity index (χ3v) is 1.92. The molecule has 0 aromatic carbocycles. The maximum absolute atomic E-state index is 5.60. The lowest BCUT2D eigenvalue weighted by Crippen LogP contribution is -2.02. The number of nitrogens with two attached hydrogens (primary N) is 1. The number of hydrogen-bond acceptors (Lipinski definition) is 4. The molecule has 0 amide bonds. The smallest absolute Gasteiger partial charge is 0.112 e. The van der Waals surface area contributed by atoms with E-state index in [1.54, 1.807) is 6.20 Å². The van der Waals surface area contributed by atoms with Gasteiger partial charge in [-0.2, -0.15) is 4.37 Å². The van der Waals surface area contributed by atoms with Gasteiger partial charge in [0.05, 0.1) is 12.7 Å². The van der Waals surface area contributed by atoms with Crippen molar-refractivity contribution in [3.05, 3.63) is 11.8 Å². The van der Waals surface area contributed by atoms with Crippen LogP contribution in [0, 0.1) is 0 Å². The Bertz CT molecular complexity index is 222. The molecule has 0 aliphatic rings. The lowest BCUT2D eigenvalue weighted by Gasteiger charge is -2.05. The van der Waals surface area contributed by atoms with Crippen molar-refractivity contribution in [3.8, 4) is 0 Å². The summed E-state index contributed by atoms with van der Waals surface area (Å²) < 4.78 is 9.29. The van der Waals surface area contributed by atoms with Crippen LogP contribution in [0.1, 0.15) is 19.4 Å². The highest BCUT2D eigenvalue weighted by Gasteiger charge is 2.02. The van der Waals surface area contributed by atoms with Crippen molar-refractivity contribution in [2.45, 2.75) is 26.6 Å². The van der Waals surface area contributed by atoms with Crippen LogP contribution >= 0.6 is 11.5 Å². The van der Waals surface area contributed by atoms with Gasteiger partial charge in [-0.25, -0.2) is 0 Å². The van der Waals surface area contributed by atoms with Gasteiger partial charge >= 0.3 is 0 Å². The third-order valence-electron chi connectivity index (χ3n) is 1.25. The standard InChI is InChI=1S/C7H12N2OS/c1-5(2)10-4-6-3-9-11-7(6)8/h3,5H,4,8H2,1-2H3. The molecule has 1 rings (SSSR count). The summed E-state index contributed by atoms with van der Waals surface area (Å²) in [6, 6.07) is 0. The number of nitrogens with zero attached hydrogens (tertiary/aromatic N) is 1. The summed E-state index contributed by atoms with van der Waals surface area (Å²) in [7, 11) is 0. The summed E-state index contributed by atoms with van der Waals surface area (Å²) in [4.78, 5) is 0. The van der Waals surface area contributed by atoms with E-state index >= 15 is 0 Å². The monoisotopic (exact) mass is 172 g/mol. The van der Waals surface area contributed by atoms with Crippen molar-refractivity contribution in [1.29, 1.82) is 0 Å². The number of rotatable bonds is 3. The summed E-state index contributed by atoms with van der Waals surface area (Å²) in [5.74, 6) is 0. The molecule has 0 fully saturated rings. The van der Waals surface area contributed by atoms with Crippen molar-refractivity contribution >= 4 is 16.5 Å². The average molecular weight is 172 g/mol. The SMILES string of the molecule is CC(C)OCc1cnsc1N. The van der Waals surface area contributed by atoms with Crippen LogP contribution in [0.25, 0.3) is 0 Å². The van der Waals surface area contributed by atoms with E-state index in [1.807, 2.05) is 13.8 Å². The van der Waals surface area contributed by atoms with E-state index in [4.69, 9.17) is 10.5 Å². The quantitative estimate of drug-likeness (QED) is 0.754. The van der Waals surface area contributed by atoms with Crippen LogP contribution in [0.2, 0.25) is 0 Å². The highest BCUT2D eigenvalue weighted by Crippen LogP contribution is 2.16. The van der Waals surface area contributed by atoms with Crippen molar-refractivity contribution in [2.24, 2.45) is 0 Å². The summed E-state index contributed by atoms with van der Waals surface area (Å²) >= 11 is 1.30. The van der Waals surface area contributed by atoms with E-state index in [9.17, 15) is 0 Å².